The van der Waals surface area contributed by atoms with Crippen molar-refractivity contribution in [1.82, 2.24) is 4.98 Å². The van der Waals surface area contributed by atoms with Gasteiger partial charge in [-0.3, -0.25) is 9.78 Å². The normalized spacial score (nSPS) is 9.93. The van der Waals surface area contributed by atoms with Crippen molar-refractivity contribution in [3.8, 4) is 0 Å². The molecule has 2 aromatic heterocycles. The predicted molar refractivity (Wildman–Crippen MR) is 55.6 cm³/mol. The topological polar surface area (TPSA) is 55.1 Å². The van der Waals surface area contributed by atoms with Crippen LogP contribution in [0.5, 0.6) is 0 Å². The quantitative estimate of drug-likeness (QED) is 0.812. The molecule has 0 aliphatic rings. The monoisotopic (exact) mass is 202 g/mol. The fraction of sp³-hybridized carbons (Fsp3) is 0.0909. The van der Waals surface area contributed by atoms with Crippen molar-refractivity contribution >= 4 is 11.6 Å². The molecule has 0 aliphatic heterocycles. The summed E-state index contributed by atoms with van der Waals surface area (Å²) >= 11 is 0. The fourth-order valence-corrected chi connectivity index (χ4v) is 1.19. The number of hydrogen-bond acceptors (Lipinski definition) is 3. The molecule has 15 heavy (non-hydrogen) atoms. The number of nitrogens with zero attached hydrogens (tertiary/aromatic N) is 1. The van der Waals surface area contributed by atoms with Crippen molar-refractivity contribution in [1.29, 1.82) is 0 Å². The minimum atomic E-state index is -0.267. The fourth-order valence-electron chi connectivity index (χ4n) is 1.19. The number of aromatic nitrogens is 1. The summed E-state index contributed by atoms with van der Waals surface area (Å²) in [4.78, 5) is 15.5. The molecule has 4 nitrogen and oxygen atoms in total. The van der Waals surface area contributed by atoms with Crippen molar-refractivity contribution in [3.63, 3.8) is 0 Å². The van der Waals surface area contributed by atoms with Crippen LogP contribution in [0.1, 0.15) is 16.1 Å². The Bertz CT molecular complexity index is 463. The Kier molecular flexibility index (Phi) is 2.49. The van der Waals surface area contributed by atoms with Gasteiger partial charge in [-0.2, -0.15) is 0 Å². The lowest BCUT2D eigenvalue weighted by atomic mass is 10.2. The summed E-state index contributed by atoms with van der Waals surface area (Å²) in [7, 11) is 0. The van der Waals surface area contributed by atoms with Crippen LogP contribution in [0.25, 0.3) is 0 Å². The van der Waals surface area contributed by atoms with E-state index in [2.05, 4.69) is 10.3 Å². The number of anilines is 1. The highest BCUT2D eigenvalue weighted by atomic mass is 16.3. The molecular weight excluding hydrogens is 192 g/mol. The number of rotatable bonds is 2. The summed E-state index contributed by atoms with van der Waals surface area (Å²) in [5, 5.41) is 2.72. The van der Waals surface area contributed by atoms with Gasteiger partial charge in [0.05, 0.1) is 18.1 Å². The molecule has 0 aliphatic carbocycles. The molecule has 0 fully saturated rings. The van der Waals surface area contributed by atoms with E-state index in [0.717, 1.165) is 5.56 Å². The third kappa shape index (κ3) is 2.04. The Morgan fingerprint density at radius 2 is 2.33 bits per heavy atom. The third-order valence-electron chi connectivity index (χ3n) is 2.03. The number of hydrogen-bond donors (Lipinski definition) is 1. The molecule has 1 N–H and O–H groups in total. The standard InChI is InChI=1S/C11H10N2O2/c1-8-4-5-12-7-9(8)13-11(14)10-3-2-6-15-10/h2-7H,1H3,(H,13,14). The maximum absolute atomic E-state index is 11.6. The van der Waals surface area contributed by atoms with E-state index in [1.165, 1.54) is 6.26 Å². The van der Waals surface area contributed by atoms with Gasteiger partial charge >= 0.3 is 0 Å². The number of furan rings is 1. The van der Waals surface area contributed by atoms with E-state index in [-0.39, 0.29) is 5.91 Å². The van der Waals surface area contributed by atoms with E-state index in [1.54, 1.807) is 24.5 Å². The van der Waals surface area contributed by atoms with Crippen molar-refractivity contribution in [2.75, 3.05) is 5.32 Å². The maximum Gasteiger partial charge on any atom is 0.291 e. The van der Waals surface area contributed by atoms with Crippen molar-refractivity contribution in [2.45, 2.75) is 6.92 Å². The van der Waals surface area contributed by atoms with Crippen molar-refractivity contribution in [3.05, 3.63) is 48.2 Å². The van der Waals surface area contributed by atoms with Crippen LogP contribution in [0.15, 0.2) is 41.3 Å². The molecule has 0 bridgehead atoms. The van der Waals surface area contributed by atoms with Crippen LogP contribution >= 0.6 is 0 Å². The van der Waals surface area contributed by atoms with Gasteiger partial charge in [-0.15, -0.1) is 0 Å². The summed E-state index contributed by atoms with van der Waals surface area (Å²) in [6, 6.07) is 5.11. The lowest BCUT2D eigenvalue weighted by Gasteiger charge is -2.04. The maximum atomic E-state index is 11.6. The first-order chi connectivity index (χ1) is 7.27. The smallest absolute Gasteiger partial charge is 0.291 e. The predicted octanol–water partition coefficient (Wildman–Crippen LogP) is 2.24. The van der Waals surface area contributed by atoms with Crippen LogP contribution in [-0.2, 0) is 0 Å². The molecule has 0 aromatic carbocycles. The Hall–Kier alpha value is -2.10. The Morgan fingerprint density at radius 1 is 1.47 bits per heavy atom. The van der Waals surface area contributed by atoms with Gasteiger partial charge in [0.15, 0.2) is 5.76 Å². The van der Waals surface area contributed by atoms with E-state index in [1.807, 2.05) is 13.0 Å². The number of carbonyl (C=O) groups is 1. The van der Waals surface area contributed by atoms with E-state index in [4.69, 9.17) is 4.42 Å². The zero-order valence-electron chi connectivity index (χ0n) is 8.23. The second-order valence-electron chi connectivity index (χ2n) is 3.12. The summed E-state index contributed by atoms with van der Waals surface area (Å²) in [5.74, 6) is 0.0225. The molecule has 4 heteroatoms. The molecular formula is C11H10N2O2. The Balaban J connectivity index is 2.17. The molecule has 2 aromatic rings. The SMILES string of the molecule is Cc1ccncc1NC(=O)c1ccco1. The molecule has 0 radical (unpaired) electrons. The van der Waals surface area contributed by atoms with Crippen LogP contribution in [-0.4, -0.2) is 10.9 Å². The van der Waals surface area contributed by atoms with Gasteiger partial charge in [0.1, 0.15) is 0 Å². The lowest BCUT2D eigenvalue weighted by molar-refractivity contribution is 0.0996. The highest BCUT2D eigenvalue weighted by Crippen LogP contribution is 2.13. The van der Waals surface area contributed by atoms with E-state index >= 15 is 0 Å². The molecule has 0 unspecified atom stereocenters. The molecule has 76 valence electrons. The van der Waals surface area contributed by atoms with E-state index < -0.39 is 0 Å². The number of carbonyl (C=O) groups excluding carboxylic acids is 1. The van der Waals surface area contributed by atoms with Crippen molar-refractivity contribution in [2.24, 2.45) is 0 Å². The number of aryl methyl sites for hydroxylation is 1. The molecule has 0 atom stereocenters. The zero-order chi connectivity index (χ0) is 10.7. The zero-order valence-corrected chi connectivity index (χ0v) is 8.23. The Morgan fingerprint density at radius 3 is 3.00 bits per heavy atom. The summed E-state index contributed by atoms with van der Waals surface area (Å²) in [6.45, 7) is 1.90. The molecule has 2 rings (SSSR count). The number of nitrogens with one attached hydrogen (secondary N) is 1. The van der Waals surface area contributed by atoms with Crippen LogP contribution in [0.2, 0.25) is 0 Å². The van der Waals surface area contributed by atoms with E-state index in [9.17, 15) is 4.79 Å². The minimum Gasteiger partial charge on any atom is -0.459 e. The highest BCUT2D eigenvalue weighted by Gasteiger charge is 2.09. The number of pyridine rings is 1. The second kappa shape index (κ2) is 3.96. The van der Waals surface area contributed by atoms with Crippen molar-refractivity contribution < 1.29 is 9.21 Å². The summed E-state index contributed by atoms with van der Waals surface area (Å²) < 4.78 is 4.97. The van der Waals surface area contributed by atoms with Crippen LogP contribution in [0, 0.1) is 6.92 Å². The van der Waals surface area contributed by atoms with Crippen LogP contribution in [0.3, 0.4) is 0 Å². The summed E-state index contributed by atoms with van der Waals surface area (Å²) in [6.07, 6.45) is 4.75. The van der Waals surface area contributed by atoms with Gasteiger partial charge in [0.25, 0.3) is 5.91 Å². The second-order valence-corrected chi connectivity index (χ2v) is 3.12. The highest BCUT2D eigenvalue weighted by molar-refractivity contribution is 6.02. The molecule has 2 heterocycles. The summed E-state index contributed by atoms with van der Waals surface area (Å²) in [5.41, 5.74) is 1.66. The lowest BCUT2D eigenvalue weighted by Crippen LogP contribution is -2.11. The Labute approximate surface area is 86.9 Å². The first-order valence-corrected chi connectivity index (χ1v) is 4.53. The largest absolute Gasteiger partial charge is 0.459 e. The number of amides is 1. The third-order valence-corrected chi connectivity index (χ3v) is 2.03. The van der Waals surface area contributed by atoms with Crippen LogP contribution < -0.4 is 5.32 Å². The minimum absolute atomic E-state index is 0.267. The van der Waals surface area contributed by atoms with Gasteiger partial charge in [-0.1, -0.05) is 0 Å². The average molecular weight is 202 g/mol. The van der Waals surface area contributed by atoms with Gasteiger partial charge < -0.3 is 9.73 Å². The molecule has 0 spiro atoms. The molecule has 0 saturated heterocycles. The molecule has 1 amide bonds. The first-order valence-electron chi connectivity index (χ1n) is 4.53. The van der Waals surface area contributed by atoms with Gasteiger partial charge in [0, 0.05) is 6.20 Å². The van der Waals surface area contributed by atoms with Gasteiger partial charge in [0.2, 0.25) is 0 Å². The average Bonchev–Trinajstić information content (AvgIpc) is 2.74. The van der Waals surface area contributed by atoms with Crippen LogP contribution in [0.4, 0.5) is 5.69 Å². The van der Waals surface area contributed by atoms with Gasteiger partial charge in [-0.05, 0) is 30.7 Å². The molecule has 0 saturated carbocycles. The van der Waals surface area contributed by atoms with Gasteiger partial charge in [-0.25, -0.2) is 0 Å². The van der Waals surface area contributed by atoms with E-state index in [0.29, 0.717) is 11.4 Å². The first kappa shape index (κ1) is 9.45.